The Morgan fingerprint density at radius 3 is 2.88 bits per heavy atom. The molecule has 4 heteroatoms. The number of carbonyl (C=O) groups is 1. The molecule has 0 aromatic heterocycles. The van der Waals surface area contributed by atoms with Gasteiger partial charge in [0.25, 0.3) is 0 Å². The first-order valence-electron chi connectivity index (χ1n) is 5.07. The molecule has 17 heavy (non-hydrogen) atoms. The third-order valence-corrected chi connectivity index (χ3v) is 2.72. The van der Waals surface area contributed by atoms with Crippen LogP contribution in [0.3, 0.4) is 0 Å². The van der Waals surface area contributed by atoms with Gasteiger partial charge in [-0.1, -0.05) is 12.1 Å². The van der Waals surface area contributed by atoms with E-state index in [1.54, 1.807) is 24.3 Å². The number of para-hydroxylation sites is 1. The smallest absolute Gasteiger partial charge is 0.199 e. The molecule has 1 unspecified atom stereocenters. The molecule has 0 radical (unpaired) electrons. The van der Waals surface area contributed by atoms with Gasteiger partial charge in [0.15, 0.2) is 11.9 Å². The van der Waals surface area contributed by atoms with E-state index in [2.05, 4.69) is 0 Å². The van der Waals surface area contributed by atoms with E-state index in [-0.39, 0.29) is 5.78 Å². The maximum absolute atomic E-state index is 12.1. The van der Waals surface area contributed by atoms with Gasteiger partial charge in [0.2, 0.25) is 0 Å². The Bertz CT molecular complexity index is 607. The number of hydrogen-bond donors (Lipinski definition) is 0. The van der Waals surface area contributed by atoms with E-state index in [0.29, 0.717) is 22.5 Å². The fraction of sp³-hybridized carbons (Fsp3) is 0.0769. The molecular formula is C13H7NO3. The predicted molar refractivity (Wildman–Crippen MR) is 58.1 cm³/mol. The number of rotatable bonds is 0. The zero-order chi connectivity index (χ0) is 11.8. The number of ether oxygens (including phenoxy) is 2. The quantitative estimate of drug-likeness (QED) is 0.677. The summed E-state index contributed by atoms with van der Waals surface area (Å²) < 4.78 is 10.6. The summed E-state index contributed by atoms with van der Waals surface area (Å²) in [5.74, 6) is 0.348. The normalized spacial score (nSPS) is 20.9. The maximum Gasteiger partial charge on any atom is 0.199 e. The van der Waals surface area contributed by atoms with Crippen LogP contribution in [0.5, 0.6) is 5.75 Å². The van der Waals surface area contributed by atoms with Crippen molar-refractivity contribution in [2.24, 2.45) is 0 Å². The second-order valence-electron chi connectivity index (χ2n) is 3.72. The molecule has 4 nitrogen and oxygen atoms in total. The highest BCUT2D eigenvalue weighted by molar-refractivity contribution is 6.12. The minimum Gasteiger partial charge on any atom is -0.479 e. The SMILES string of the molecule is N#CC1=COC=C2C(=O)c3ccccc3OC12. The zero-order valence-electron chi connectivity index (χ0n) is 8.71. The molecule has 0 bridgehead atoms. The van der Waals surface area contributed by atoms with E-state index in [1.807, 2.05) is 6.07 Å². The average Bonchev–Trinajstić information content (AvgIpc) is 2.38. The summed E-state index contributed by atoms with van der Waals surface area (Å²) in [7, 11) is 0. The lowest BCUT2D eigenvalue weighted by molar-refractivity contribution is 0.0964. The molecule has 0 saturated heterocycles. The highest BCUT2D eigenvalue weighted by Gasteiger charge is 2.36. The van der Waals surface area contributed by atoms with Gasteiger partial charge in [-0.05, 0) is 12.1 Å². The minimum atomic E-state index is -0.642. The number of nitrogens with zero attached hydrogens (tertiary/aromatic N) is 1. The van der Waals surface area contributed by atoms with Gasteiger partial charge >= 0.3 is 0 Å². The van der Waals surface area contributed by atoms with E-state index in [4.69, 9.17) is 14.7 Å². The van der Waals surface area contributed by atoms with Crippen LogP contribution in [0.25, 0.3) is 0 Å². The van der Waals surface area contributed by atoms with Gasteiger partial charge in [0.1, 0.15) is 29.9 Å². The molecule has 82 valence electrons. The fourth-order valence-electron chi connectivity index (χ4n) is 1.90. The average molecular weight is 225 g/mol. The molecule has 0 amide bonds. The van der Waals surface area contributed by atoms with Crippen LogP contribution in [-0.2, 0) is 4.74 Å². The van der Waals surface area contributed by atoms with Gasteiger partial charge in [-0.25, -0.2) is 0 Å². The molecule has 0 saturated carbocycles. The van der Waals surface area contributed by atoms with Crippen molar-refractivity contribution < 1.29 is 14.3 Å². The Morgan fingerprint density at radius 1 is 1.24 bits per heavy atom. The number of hydrogen-bond acceptors (Lipinski definition) is 4. The molecular weight excluding hydrogens is 218 g/mol. The third-order valence-electron chi connectivity index (χ3n) is 2.72. The van der Waals surface area contributed by atoms with E-state index < -0.39 is 6.10 Å². The maximum atomic E-state index is 12.1. The van der Waals surface area contributed by atoms with Gasteiger partial charge in [0, 0.05) is 0 Å². The predicted octanol–water partition coefficient (Wildman–Crippen LogP) is 1.95. The largest absolute Gasteiger partial charge is 0.479 e. The Hall–Kier alpha value is -2.54. The molecule has 1 aromatic rings. The molecule has 2 heterocycles. The van der Waals surface area contributed by atoms with E-state index in [1.165, 1.54) is 12.5 Å². The molecule has 0 aliphatic carbocycles. The Kier molecular flexibility index (Phi) is 1.99. The van der Waals surface area contributed by atoms with E-state index >= 15 is 0 Å². The van der Waals surface area contributed by atoms with Crippen LogP contribution in [-0.4, -0.2) is 11.9 Å². The zero-order valence-corrected chi connectivity index (χ0v) is 8.71. The molecule has 2 aliphatic heterocycles. The first-order chi connectivity index (χ1) is 8.31. The first-order valence-corrected chi connectivity index (χ1v) is 5.07. The van der Waals surface area contributed by atoms with Crippen molar-refractivity contribution in [2.45, 2.75) is 6.10 Å². The second-order valence-corrected chi connectivity index (χ2v) is 3.72. The lowest BCUT2D eigenvalue weighted by Gasteiger charge is -2.28. The minimum absolute atomic E-state index is 0.155. The van der Waals surface area contributed by atoms with Crippen LogP contribution in [0.1, 0.15) is 10.4 Å². The van der Waals surface area contributed by atoms with Crippen molar-refractivity contribution in [1.29, 1.82) is 5.26 Å². The summed E-state index contributed by atoms with van der Waals surface area (Å²) in [4.78, 5) is 12.1. The third kappa shape index (κ3) is 1.33. The van der Waals surface area contributed by atoms with Gasteiger partial charge in [-0.3, -0.25) is 4.79 Å². The molecule has 2 aliphatic rings. The lowest BCUT2D eigenvalue weighted by Crippen LogP contribution is -2.33. The second kappa shape index (κ2) is 3.49. The van der Waals surface area contributed by atoms with Crippen LogP contribution < -0.4 is 4.74 Å². The van der Waals surface area contributed by atoms with Crippen molar-refractivity contribution >= 4 is 5.78 Å². The number of benzene rings is 1. The molecule has 1 aromatic carbocycles. The molecule has 0 fully saturated rings. The number of nitriles is 1. The first kappa shape index (κ1) is 9.67. The Morgan fingerprint density at radius 2 is 2.06 bits per heavy atom. The number of carbonyl (C=O) groups excluding carboxylic acids is 1. The van der Waals surface area contributed by atoms with Crippen LogP contribution in [0, 0.1) is 11.3 Å². The summed E-state index contributed by atoms with van der Waals surface area (Å²) in [5, 5.41) is 8.95. The molecule has 0 spiro atoms. The van der Waals surface area contributed by atoms with Crippen LogP contribution >= 0.6 is 0 Å². The topological polar surface area (TPSA) is 59.3 Å². The monoisotopic (exact) mass is 225 g/mol. The highest BCUT2D eigenvalue weighted by atomic mass is 16.5. The van der Waals surface area contributed by atoms with Crippen LogP contribution in [0.4, 0.5) is 0 Å². The van der Waals surface area contributed by atoms with E-state index in [0.717, 1.165) is 0 Å². The van der Waals surface area contributed by atoms with Gasteiger partial charge in [-0.15, -0.1) is 0 Å². The van der Waals surface area contributed by atoms with E-state index in [9.17, 15) is 4.79 Å². The van der Waals surface area contributed by atoms with Gasteiger partial charge < -0.3 is 9.47 Å². The van der Waals surface area contributed by atoms with Crippen molar-refractivity contribution in [3.05, 3.63) is 53.5 Å². The standard InChI is InChI=1S/C13H7NO3/c14-5-8-6-16-7-10-12(15)9-3-1-2-4-11(9)17-13(8)10/h1-4,6-7,13H. The Labute approximate surface area is 97.4 Å². The number of fused-ring (bicyclic) bond motifs is 2. The summed E-state index contributed by atoms with van der Waals surface area (Å²) in [6.07, 6.45) is 2.00. The van der Waals surface area contributed by atoms with Crippen molar-refractivity contribution in [2.75, 3.05) is 0 Å². The summed E-state index contributed by atoms with van der Waals surface area (Å²) in [5.41, 5.74) is 1.16. The number of ketones is 1. The van der Waals surface area contributed by atoms with Gasteiger partial charge in [-0.2, -0.15) is 5.26 Å². The summed E-state index contributed by atoms with van der Waals surface area (Å²) in [6, 6.07) is 8.94. The van der Waals surface area contributed by atoms with Gasteiger partial charge in [0.05, 0.1) is 11.1 Å². The van der Waals surface area contributed by atoms with Crippen LogP contribution in [0.2, 0.25) is 0 Å². The van der Waals surface area contributed by atoms with Crippen LogP contribution in [0.15, 0.2) is 47.9 Å². The lowest BCUT2D eigenvalue weighted by atomic mass is 9.92. The van der Waals surface area contributed by atoms with Crippen molar-refractivity contribution in [3.63, 3.8) is 0 Å². The number of Topliss-reactive ketones (excluding diaryl/α,β-unsaturated/α-hetero) is 1. The molecule has 0 N–H and O–H groups in total. The fourth-order valence-corrected chi connectivity index (χ4v) is 1.90. The summed E-state index contributed by atoms with van der Waals surface area (Å²) >= 11 is 0. The highest BCUT2D eigenvalue weighted by Crippen LogP contribution is 2.34. The Balaban J connectivity index is 2.13. The molecule has 1 atom stereocenters. The molecule has 3 rings (SSSR count). The summed E-state index contributed by atoms with van der Waals surface area (Å²) in [6.45, 7) is 0. The van der Waals surface area contributed by atoms with Crippen molar-refractivity contribution in [1.82, 2.24) is 0 Å². The van der Waals surface area contributed by atoms with Crippen molar-refractivity contribution in [3.8, 4) is 11.8 Å².